The van der Waals surface area contributed by atoms with E-state index < -0.39 is 17.8 Å². The van der Waals surface area contributed by atoms with E-state index in [4.69, 9.17) is 4.74 Å². The maximum absolute atomic E-state index is 12.8. The fraction of sp³-hybridized carbons (Fsp3) is 0.875. The van der Waals surface area contributed by atoms with E-state index in [1.54, 1.807) is 0 Å². The Morgan fingerprint density at radius 1 is 1.05 bits per heavy atom. The zero-order valence-electron chi connectivity index (χ0n) is 13.1. The Kier molecular flexibility index (Phi) is 5.62. The van der Waals surface area contributed by atoms with Crippen LogP contribution in [0.5, 0.6) is 0 Å². The van der Waals surface area contributed by atoms with Crippen molar-refractivity contribution in [2.75, 3.05) is 13.1 Å². The van der Waals surface area contributed by atoms with Gasteiger partial charge in [-0.1, -0.05) is 26.7 Å². The lowest BCUT2D eigenvalue weighted by Gasteiger charge is -2.30. The molecule has 5 nitrogen and oxygen atoms in total. The molecular weight excluding hydrogens is 270 g/mol. The van der Waals surface area contributed by atoms with Crippen LogP contribution in [0.1, 0.15) is 52.4 Å². The summed E-state index contributed by atoms with van der Waals surface area (Å²) < 4.78 is 5.71. The van der Waals surface area contributed by atoms with Crippen LogP contribution in [0.4, 0.5) is 0 Å². The maximum Gasteiger partial charge on any atom is 0.310 e. The lowest BCUT2D eigenvalue weighted by Crippen LogP contribution is -2.46. The number of nitrogens with zero attached hydrogens (tertiary/aromatic N) is 1. The molecule has 0 aromatic heterocycles. The van der Waals surface area contributed by atoms with Crippen molar-refractivity contribution in [3.8, 4) is 0 Å². The molecule has 0 radical (unpaired) electrons. The largest absolute Gasteiger partial charge is 0.481 e. The van der Waals surface area contributed by atoms with Gasteiger partial charge in [-0.05, 0) is 25.7 Å². The molecule has 0 saturated carbocycles. The third-order valence-electron chi connectivity index (χ3n) is 4.72. The maximum atomic E-state index is 12.8. The fourth-order valence-corrected chi connectivity index (χ4v) is 3.55. The van der Waals surface area contributed by atoms with Crippen LogP contribution < -0.4 is 0 Å². The molecule has 2 aliphatic heterocycles. The molecule has 2 aliphatic rings. The van der Waals surface area contributed by atoms with E-state index in [9.17, 15) is 14.7 Å². The van der Waals surface area contributed by atoms with E-state index >= 15 is 0 Å². The normalized spacial score (nSPS) is 30.6. The Labute approximate surface area is 126 Å². The van der Waals surface area contributed by atoms with Crippen LogP contribution in [0.2, 0.25) is 0 Å². The first-order valence-electron chi connectivity index (χ1n) is 8.27. The van der Waals surface area contributed by atoms with Gasteiger partial charge in [-0.25, -0.2) is 0 Å². The van der Waals surface area contributed by atoms with Gasteiger partial charge in [0.1, 0.15) is 0 Å². The summed E-state index contributed by atoms with van der Waals surface area (Å²) in [5.41, 5.74) is 0. The van der Waals surface area contributed by atoms with Gasteiger partial charge in [-0.3, -0.25) is 9.59 Å². The second-order valence-electron chi connectivity index (χ2n) is 6.21. The third kappa shape index (κ3) is 3.39. The van der Waals surface area contributed by atoms with Crippen LogP contribution in [-0.2, 0) is 14.3 Å². The average molecular weight is 297 g/mol. The number of amides is 1. The number of aliphatic carboxylic acids is 1. The standard InChI is InChI=1S/C16H27NO4/c1-3-5-9-17(10-6-4-2)15(18)13-11-7-8-12(21-11)14(13)16(19)20/h11-14H,3-10H2,1-2H3,(H,19,20)/t11-,12+,13-,14-/m0/s1. The minimum atomic E-state index is -0.883. The summed E-state index contributed by atoms with van der Waals surface area (Å²) in [7, 11) is 0. The van der Waals surface area contributed by atoms with Gasteiger partial charge in [0.05, 0.1) is 24.0 Å². The quantitative estimate of drug-likeness (QED) is 0.746. The Morgan fingerprint density at radius 3 is 2.05 bits per heavy atom. The Hall–Kier alpha value is -1.10. The van der Waals surface area contributed by atoms with E-state index in [1.165, 1.54) is 0 Å². The topological polar surface area (TPSA) is 66.8 Å². The molecule has 0 aromatic rings. The molecule has 5 heteroatoms. The molecule has 0 unspecified atom stereocenters. The first kappa shape index (κ1) is 16.3. The minimum Gasteiger partial charge on any atom is -0.481 e. The fourth-order valence-electron chi connectivity index (χ4n) is 3.55. The first-order valence-corrected chi connectivity index (χ1v) is 8.27. The highest BCUT2D eigenvalue weighted by Crippen LogP contribution is 2.44. The number of carboxylic acid groups (broad SMARTS) is 1. The van der Waals surface area contributed by atoms with Gasteiger partial charge in [0.15, 0.2) is 0 Å². The summed E-state index contributed by atoms with van der Waals surface area (Å²) in [4.78, 5) is 26.2. The monoisotopic (exact) mass is 297 g/mol. The van der Waals surface area contributed by atoms with Gasteiger partial charge in [0.2, 0.25) is 5.91 Å². The van der Waals surface area contributed by atoms with Crippen LogP contribution in [0.15, 0.2) is 0 Å². The summed E-state index contributed by atoms with van der Waals surface area (Å²) in [6.07, 6.45) is 5.14. The zero-order valence-corrected chi connectivity index (χ0v) is 13.1. The number of fused-ring (bicyclic) bond motifs is 2. The molecule has 4 atom stereocenters. The van der Waals surface area contributed by atoms with Gasteiger partial charge in [0, 0.05) is 13.1 Å². The first-order chi connectivity index (χ1) is 10.1. The van der Waals surface area contributed by atoms with Crippen LogP contribution >= 0.6 is 0 Å². The van der Waals surface area contributed by atoms with E-state index in [0.717, 1.165) is 51.6 Å². The summed E-state index contributed by atoms with van der Waals surface area (Å²) >= 11 is 0. The summed E-state index contributed by atoms with van der Waals surface area (Å²) in [5, 5.41) is 9.44. The molecule has 2 bridgehead atoms. The van der Waals surface area contributed by atoms with Crippen molar-refractivity contribution in [2.24, 2.45) is 11.8 Å². The summed E-state index contributed by atoms with van der Waals surface area (Å²) in [5.74, 6) is -2.01. The van der Waals surface area contributed by atoms with Crippen molar-refractivity contribution < 1.29 is 19.4 Å². The molecule has 2 rings (SSSR count). The van der Waals surface area contributed by atoms with E-state index in [2.05, 4.69) is 13.8 Å². The number of carbonyl (C=O) groups excluding carboxylic acids is 1. The van der Waals surface area contributed by atoms with Crippen LogP contribution in [0.3, 0.4) is 0 Å². The van der Waals surface area contributed by atoms with E-state index in [0.29, 0.717) is 0 Å². The molecule has 2 saturated heterocycles. The van der Waals surface area contributed by atoms with Crippen molar-refractivity contribution in [3.05, 3.63) is 0 Å². The molecule has 2 fully saturated rings. The Balaban J connectivity index is 2.08. The Bertz CT molecular complexity index is 376. The zero-order chi connectivity index (χ0) is 15.4. The highest BCUT2D eigenvalue weighted by atomic mass is 16.5. The molecule has 21 heavy (non-hydrogen) atoms. The number of carbonyl (C=O) groups is 2. The number of carboxylic acids is 1. The van der Waals surface area contributed by atoms with Gasteiger partial charge < -0.3 is 14.7 Å². The van der Waals surface area contributed by atoms with Gasteiger partial charge in [-0.2, -0.15) is 0 Å². The van der Waals surface area contributed by atoms with Crippen molar-refractivity contribution in [3.63, 3.8) is 0 Å². The van der Waals surface area contributed by atoms with Crippen LogP contribution in [0, 0.1) is 11.8 Å². The lowest BCUT2D eigenvalue weighted by molar-refractivity contribution is -0.151. The van der Waals surface area contributed by atoms with E-state index in [-0.39, 0.29) is 18.1 Å². The predicted molar refractivity (Wildman–Crippen MR) is 78.9 cm³/mol. The molecule has 1 amide bonds. The minimum absolute atomic E-state index is 0.00324. The van der Waals surface area contributed by atoms with Crippen LogP contribution in [-0.4, -0.2) is 47.2 Å². The van der Waals surface area contributed by atoms with Crippen molar-refractivity contribution >= 4 is 11.9 Å². The van der Waals surface area contributed by atoms with Crippen molar-refractivity contribution in [2.45, 2.75) is 64.6 Å². The molecule has 0 aliphatic carbocycles. The van der Waals surface area contributed by atoms with Crippen molar-refractivity contribution in [1.82, 2.24) is 4.90 Å². The smallest absolute Gasteiger partial charge is 0.310 e. The summed E-state index contributed by atoms with van der Waals surface area (Å²) in [6, 6.07) is 0. The number of unbranched alkanes of at least 4 members (excludes halogenated alkanes) is 2. The predicted octanol–water partition coefficient (Wildman–Crippen LogP) is 2.29. The molecule has 1 N–H and O–H groups in total. The lowest BCUT2D eigenvalue weighted by atomic mass is 9.78. The van der Waals surface area contributed by atoms with Gasteiger partial charge >= 0.3 is 5.97 Å². The number of hydrogen-bond acceptors (Lipinski definition) is 3. The molecule has 2 heterocycles. The van der Waals surface area contributed by atoms with E-state index in [1.807, 2.05) is 4.90 Å². The van der Waals surface area contributed by atoms with Gasteiger partial charge in [0.25, 0.3) is 0 Å². The van der Waals surface area contributed by atoms with Gasteiger partial charge in [-0.15, -0.1) is 0 Å². The summed E-state index contributed by atoms with van der Waals surface area (Å²) in [6.45, 7) is 5.66. The molecule has 120 valence electrons. The number of hydrogen-bond donors (Lipinski definition) is 1. The second kappa shape index (κ2) is 7.25. The molecule has 0 spiro atoms. The number of ether oxygens (including phenoxy) is 1. The highest BCUT2D eigenvalue weighted by molar-refractivity contribution is 5.86. The SMILES string of the molecule is CCCCN(CCCC)C(=O)[C@@H]1[C@@H](C(=O)O)[C@H]2CC[C@@H]1O2. The highest BCUT2D eigenvalue weighted by Gasteiger charge is 2.56. The Morgan fingerprint density at radius 2 is 1.57 bits per heavy atom. The van der Waals surface area contributed by atoms with Crippen molar-refractivity contribution in [1.29, 1.82) is 0 Å². The third-order valence-corrected chi connectivity index (χ3v) is 4.72. The average Bonchev–Trinajstić information content (AvgIpc) is 3.07. The van der Waals surface area contributed by atoms with Crippen LogP contribution in [0.25, 0.3) is 0 Å². The number of rotatable bonds is 8. The second-order valence-corrected chi connectivity index (χ2v) is 6.21. The molecular formula is C16H27NO4. The molecule has 0 aromatic carbocycles.